The van der Waals surface area contributed by atoms with Crippen LogP contribution in [0, 0.1) is 0 Å². The third kappa shape index (κ3) is 9.18. The molecule has 6 nitrogen and oxygen atoms in total. The zero-order chi connectivity index (χ0) is 14.7. The van der Waals surface area contributed by atoms with Crippen molar-refractivity contribution >= 4 is 16.1 Å². The average molecular weight is 290 g/mol. The molecule has 1 N–H and O–H groups in total. The van der Waals surface area contributed by atoms with Crippen molar-refractivity contribution in [1.82, 2.24) is 0 Å². The van der Waals surface area contributed by atoms with Crippen LogP contribution in [0.3, 0.4) is 0 Å². The molecule has 19 heavy (non-hydrogen) atoms. The van der Waals surface area contributed by atoms with Gasteiger partial charge >= 0.3 is 5.97 Å². The number of benzene rings is 1. The van der Waals surface area contributed by atoms with Crippen molar-refractivity contribution in [3.8, 4) is 0 Å². The van der Waals surface area contributed by atoms with Gasteiger partial charge in [-0.25, -0.2) is 4.79 Å². The Kier molecular flexibility index (Phi) is 8.77. The molecule has 0 saturated heterocycles. The predicted molar refractivity (Wildman–Crippen MR) is 68.9 cm³/mol. The van der Waals surface area contributed by atoms with Gasteiger partial charge in [0.25, 0.3) is 10.1 Å². The van der Waals surface area contributed by atoms with Crippen LogP contribution in [0.2, 0.25) is 0 Å². The molecule has 0 aliphatic rings. The highest BCUT2D eigenvalue weighted by molar-refractivity contribution is 7.85. The fourth-order valence-electron chi connectivity index (χ4n) is 0.963. The summed E-state index contributed by atoms with van der Waals surface area (Å²) in [6, 6.07) is 7.42. The first-order valence-electron chi connectivity index (χ1n) is 5.76. The van der Waals surface area contributed by atoms with Gasteiger partial charge in [-0.2, -0.15) is 13.3 Å². The van der Waals surface area contributed by atoms with Crippen LogP contribution in [0.1, 0.15) is 26.7 Å². The molecule has 0 radical (unpaired) electrons. The third-order valence-corrected chi connectivity index (χ3v) is 2.63. The van der Waals surface area contributed by atoms with Crippen molar-refractivity contribution in [2.24, 2.45) is 0 Å². The van der Waals surface area contributed by atoms with Crippen LogP contribution in [-0.4, -0.2) is 25.5 Å². The van der Waals surface area contributed by atoms with Gasteiger partial charge in [0.1, 0.15) is 0 Å². The Morgan fingerprint density at radius 1 is 1.21 bits per heavy atom. The minimum atomic E-state index is -4.00. The zero-order valence-corrected chi connectivity index (χ0v) is 11.7. The summed E-state index contributed by atoms with van der Waals surface area (Å²) in [7, 11) is -4.00. The van der Waals surface area contributed by atoms with Gasteiger partial charge in [0.15, 0.2) is 0 Å². The number of rotatable bonds is 5. The molecule has 0 fully saturated rings. The van der Waals surface area contributed by atoms with Crippen LogP contribution < -0.4 is 0 Å². The molecule has 0 atom stereocenters. The van der Waals surface area contributed by atoms with Crippen molar-refractivity contribution in [2.45, 2.75) is 31.6 Å². The van der Waals surface area contributed by atoms with Crippen molar-refractivity contribution in [1.29, 1.82) is 0 Å². The molecule has 7 heteroatoms. The first kappa shape index (κ1) is 17.6. The lowest BCUT2D eigenvalue weighted by Crippen LogP contribution is -2.03. The van der Waals surface area contributed by atoms with E-state index in [-0.39, 0.29) is 10.9 Å². The van der Waals surface area contributed by atoms with Crippen LogP contribution in [-0.2, 0) is 24.7 Å². The van der Waals surface area contributed by atoms with Crippen LogP contribution in [0.25, 0.3) is 0 Å². The van der Waals surface area contributed by atoms with Gasteiger partial charge in [-0.1, -0.05) is 25.1 Å². The van der Waals surface area contributed by atoms with E-state index in [1.165, 1.54) is 12.1 Å². The van der Waals surface area contributed by atoms with Crippen LogP contribution in [0.4, 0.5) is 0 Å². The van der Waals surface area contributed by atoms with Gasteiger partial charge in [0.2, 0.25) is 0 Å². The van der Waals surface area contributed by atoms with Gasteiger partial charge in [0, 0.05) is 6.42 Å². The molecule has 0 aliphatic carbocycles. The molecule has 0 aromatic heterocycles. The van der Waals surface area contributed by atoms with Gasteiger partial charge in [-0.3, -0.25) is 9.44 Å². The fraction of sp³-hybridized carbons (Fsp3) is 0.417. The Balaban J connectivity index is 0.000000344. The van der Waals surface area contributed by atoms with E-state index in [1.807, 2.05) is 6.92 Å². The quantitative estimate of drug-likeness (QED) is 0.508. The summed E-state index contributed by atoms with van der Waals surface area (Å²) < 4.78 is 29.2. The lowest BCUT2D eigenvalue weighted by atomic mass is 10.3. The Morgan fingerprint density at radius 2 is 1.79 bits per heavy atom. The maximum Gasteiger partial charge on any atom is 0.342 e. The molecular formula is C12H18O6S. The molecule has 0 aliphatic heterocycles. The highest BCUT2D eigenvalue weighted by Crippen LogP contribution is 2.05. The second-order valence-electron chi connectivity index (χ2n) is 3.40. The molecular weight excluding hydrogens is 272 g/mol. The lowest BCUT2D eigenvalue weighted by Gasteiger charge is -1.97. The average Bonchev–Trinajstić information content (AvgIpc) is 2.37. The Hall–Kier alpha value is -1.44. The summed E-state index contributed by atoms with van der Waals surface area (Å²) in [5, 5.41) is 0. The number of hydrogen-bond acceptors (Lipinski definition) is 5. The highest BCUT2D eigenvalue weighted by atomic mass is 32.2. The smallest absolute Gasteiger partial charge is 0.298 e. The first-order chi connectivity index (χ1) is 8.91. The number of carbonyl (C=O) groups is 1. The fourth-order valence-corrected chi connectivity index (χ4v) is 1.46. The maximum absolute atomic E-state index is 10.5. The SMILES string of the molecule is CCCC(=O)OOCC.O=S(=O)(O)c1ccccc1. The Labute approximate surface area is 113 Å². The van der Waals surface area contributed by atoms with Gasteiger partial charge < -0.3 is 0 Å². The number of hydrogen-bond donors (Lipinski definition) is 1. The second-order valence-corrected chi connectivity index (χ2v) is 4.82. The van der Waals surface area contributed by atoms with E-state index >= 15 is 0 Å². The summed E-state index contributed by atoms with van der Waals surface area (Å²) in [4.78, 5) is 19.1. The highest BCUT2D eigenvalue weighted by Gasteiger charge is 2.05. The van der Waals surface area contributed by atoms with Crippen molar-refractivity contribution in [3.63, 3.8) is 0 Å². The summed E-state index contributed by atoms with van der Waals surface area (Å²) in [5.74, 6) is -0.292. The Morgan fingerprint density at radius 3 is 2.16 bits per heavy atom. The molecule has 0 unspecified atom stereocenters. The first-order valence-corrected chi connectivity index (χ1v) is 7.20. The third-order valence-electron chi connectivity index (χ3n) is 1.76. The minimum Gasteiger partial charge on any atom is -0.298 e. The van der Waals surface area contributed by atoms with Crippen molar-refractivity contribution < 1.29 is 27.5 Å². The largest absolute Gasteiger partial charge is 0.342 e. The van der Waals surface area contributed by atoms with Gasteiger partial charge in [-0.05, 0) is 25.5 Å². The van der Waals surface area contributed by atoms with E-state index in [0.717, 1.165) is 6.42 Å². The molecule has 0 amide bonds. The normalized spacial score (nSPS) is 10.3. The molecule has 0 saturated carbocycles. The van der Waals surface area contributed by atoms with E-state index < -0.39 is 10.1 Å². The van der Waals surface area contributed by atoms with Crippen LogP contribution >= 0.6 is 0 Å². The topological polar surface area (TPSA) is 89.9 Å². The molecule has 0 bridgehead atoms. The van der Waals surface area contributed by atoms with Crippen molar-refractivity contribution in [3.05, 3.63) is 30.3 Å². The molecule has 0 heterocycles. The van der Waals surface area contributed by atoms with E-state index in [4.69, 9.17) is 4.55 Å². The summed E-state index contributed by atoms with van der Waals surface area (Å²) >= 11 is 0. The van der Waals surface area contributed by atoms with E-state index in [9.17, 15) is 13.2 Å². The second kappa shape index (κ2) is 9.48. The maximum atomic E-state index is 10.5. The van der Waals surface area contributed by atoms with Crippen LogP contribution in [0.15, 0.2) is 35.2 Å². The molecule has 1 aromatic carbocycles. The standard InChI is InChI=1S/C6H6O3S.C6H12O3/c7-10(8,9)6-4-2-1-3-5-6;1-3-5-6(7)9-8-4-2/h1-5H,(H,7,8,9);3-5H2,1-2H3. The summed E-state index contributed by atoms with van der Waals surface area (Å²) in [6.07, 6.45) is 1.23. The van der Waals surface area contributed by atoms with E-state index in [2.05, 4.69) is 9.78 Å². The molecule has 1 aromatic rings. The van der Waals surface area contributed by atoms with Crippen LogP contribution in [0.5, 0.6) is 0 Å². The zero-order valence-electron chi connectivity index (χ0n) is 10.9. The predicted octanol–water partition coefficient (Wildman–Crippen LogP) is 2.21. The van der Waals surface area contributed by atoms with E-state index in [1.54, 1.807) is 25.1 Å². The summed E-state index contributed by atoms with van der Waals surface area (Å²) in [5.41, 5.74) is 0. The van der Waals surface area contributed by atoms with Crippen molar-refractivity contribution in [2.75, 3.05) is 6.61 Å². The molecule has 0 spiro atoms. The molecule has 108 valence electrons. The van der Waals surface area contributed by atoms with Gasteiger partial charge in [0.05, 0.1) is 11.5 Å². The minimum absolute atomic E-state index is 0.0741. The van der Waals surface area contributed by atoms with Gasteiger partial charge in [-0.15, -0.1) is 0 Å². The monoisotopic (exact) mass is 290 g/mol. The number of carbonyl (C=O) groups excluding carboxylic acids is 1. The Bertz CT molecular complexity index is 454. The lowest BCUT2D eigenvalue weighted by molar-refractivity contribution is -0.269. The summed E-state index contributed by atoms with van der Waals surface area (Å²) in [6.45, 7) is 4.09. The van der Waals surface area contributed by atoms with E-state index in [0.29, 0.717) is 13.0 Å². The molecule has 1 rings (SSSR count).